The maximum absolute atomic E-state index is 10.6. The molecule has 0 aliphatic rings. The zero-order valence-electron chi connectivity index (χ0n) is 5.99. The standard InChI is InChI=1S/C5H10NOS3/c1-3-9-6(5(7)8)10-4-2/h3-4H2,1-2H3. The van der Waals surface area contributed by atoms with E-state index in [0.717, 1.165) is 11.5 Å². The quantitative estimate of drug-likeness (QED) is 0.508. The maximum Gasteiger partial charge on any atom is 0.333 e. The van der Waals surface area contributed by atoms with E-state index in [0.29, 0.717) is 0 Å². The van der Waals surface area contributed by atoms with Crippen molar-refractivity contribution in [3.8, 4) is 0 Å². The average molecular weight is 196 g/mol. The fourth-order valence-electron chi connectivity index (χ4n) is 0.377. The SMILES string of the molecule is CCSN(SCC)C([O])=S. The van der Waals surface area contributed by atoms with Crippen LogP contribution in [-0.2, 0) is 5.11 Å². The van der Waals surface area contributed by atoms with Crippen molar-refractivity contribution >= 4 is 41.3 Å². The molecule has 1 radical (unpaired) electrons. The Hall–Kier alpha value is 0.390. The van der Waals surface area contributed by atoms with E-state index >= 15 is 0 Å². The largest absolute Gasteiger partial charge is 0.333 e. The van der Waals surface area contributed by atoms with Gasteiger partial charge in [-0.25, -0.2) is 3.71 Å². The monoisotopic (exact) mass is 196 g/mol. The van der Waals surface area contributed by atoms with E-state index in [2.05, 4.69) is 12.2 Å². The number of thiocarbonyl (C=S) groups is 1. The van der Waals surface area contributed by atoms with Crippen LogP contribution in [0, 0.1) is 0 Å². The first-order valence-electron chi connectivity index (χ1n) is 2.99. The first-order chi connectivity index (χ1) is 4.72. The normalized spacial score (nSPS) is 9.40. The molecule has 0 fully saturated rings. The van der Waals surface area contributed by atoms with E-state index in [-0.39, 0.29) is 5.17 Å². The number of hydrogen-bond acceptors (Lipinski definition) is 3. The Kier molecular flexibility index (Phi) is 6.36. The van der Waals surface area contributed by atoms with E-state index in [1.165, 1.54) is 27.6 Å². The molecule has 0 aliphatic heterocycles. The molecule has 2 nitrogen and oxygen atoms in total. The van der Waals surface area contributed by atoms with E-state index < -0.39 is 0 Å². The van der Waals surface area contributed by atoms with E-state index in [1.807, 2.05) is 13.8 Å². The Morgan fingerprint density at radius 2 is 1.80 bits per heavy atom. The summed E-state index contributed by atoms with van der Waals surface area (Å²) < 4.78 is 1.54. The number of rotatable bonds is 4. The third kappa shape index (κ3) is 4.24. The summed E-state index contributed by atoms with van der Waals surface area (Å²) in [5.74, 6) is 1.77. The van der Waals surface area contributed by atoms with Crippen LogP contribution in [0.5, 0.6) is 0 Å². The lowest BCUT2D eigenvalue weighted by Gasteiger charge is -2.13. The van der Waals surface area contributed by atoms with Crippen molar-refractivity contribution in [2.45, 2.75) is 13.8 Å². The molecule has 0 N–H and O–H groups in total. The van der Waals surface area contributed by atoms with Crippen molar-refractivity contribution in [2.75, 3.05) is 11.5 Å². The molecule has 0 aliphatic carbocycles. The molecule has 0 aromatic rings. The van der Waals surface area contributed by atoms with Crippen molar-refractivity contribution in [2.24, 2.45) is 0 Å². The summed E-state index contributed by atoms with van der Waals surface area (Å²) >= 11 is 7.38. The molecule has 0 saturated carbocycles. The van der Waals surface area contributed by atoms with Gasteiger partial charge in [0, 0.05) is 11.5 Å². The second-order valence-corrected chi connectivity index (χ2v) is 4.34. The highest BCUT2D eigenvalue weighted by molar-refractivity contribution is 8.13. The lowest BCUT2D eigenvalue weighted by Crippen LogP contribution is -2.13. The molecular formula is C5H10NOS3. The molecule has 0 atom stereocenters. The van der Waals surface area contributed by atoms with Gasteiger partial charge in [-0.1, -0.05) is 13.8 Å². The van der Waals surface area contributed by atoms with Crippen molar-refractivity contribution in [1.29, 1.82) is 0 Å². The van der Waals surface area contributed by atoms with Crippen molar-refractivity contribution in [1.82, 2.24) is 3.71 Å². The smallest absolute Gasteiger partial charge is 0.254 e. The van der Waals surface area contributed by atoms with Crippen molar-refractivity contribution < 1.29 is 5.11 Å². The number of hydrogen-bond donors (Lipinski definition) is 0. The van der Waals surface area contributed by atoms with Gasteiger partial charge in [0.05, 0.1) is 0 Å². The van der Waals surface area contributed by atoms with Crippen LogP contribution >= 0.6 is 36.1 Å². The van der Waals surface area contributed by atoms with Crippen LogP contribution in [0.1, 0.15) is 13.8 Å². The lowest BCUT2D eigenvalue weighted by molar-refractivity contribution is 0.412. The minimum atomic E-state index is -0.293. The van der Waals surface area contributed by atoms with Crippen LogP contribution in [-0.4, -0.2) is 20.4 Å². The highest BCUT2D eigenvalue weighted by Crippen LogP contribution is 2.21. The van der Waals surface area contributed by atoms with Crippen LogP contribution in [0.4, 0.5) is 0 Å². The Morgan fingerprint density at radius 3 is 2.00 bits per heavy atom. The summed E-state index contributed by atoms with van der Waals surface area (Å²) in [6.45, 7) is 3.98. The summed E-state index contributed by atoms with van der Waals surface area (Å²) in [5, 5.41) is 10.3. The summed E-state index contributed by atoms with van der Waals surface area (Å²) in [6, 6.07) is 0. The maximum atomic E-state index is 10.6. The summed E-state index contributed by atoms with van der Waals surface area (Å²) in [5.41, 5.74) is 0. The van der Waals surface area contributed by atoms with Gasteiger partial charge in [0.25, 0.3) is 0 Å². The van der Waals surface area contributed by atoms with Crippen LogP contribution in [0.25, 0.3) is 0 Å². The first kappa shape index (κ1) is 10.4. The van der Waals surface area contributed by atoms with Crippen LogP contribution in [0.2, 0.25) is 0 Å². The molecule has 0 heterocycles. The molecule has 5 heteroatoms. The van der Waals surface area contributed by atoms with E-state index in [1.54, 1.807) is 0 Å². The average Bonchev–Trinajstić information content (AvgIpc) is 1.87. The zero-order chi connectivity index (χ0) is 7.98. The van der Waals surface area contributed by atoms with Crippen LogP contribution in [0.3, 0.4) is 0 Å². The highest BCUT2D eigenvalue weighted by Gasteiger charge is 2.08. The molecular weight excluding hydrogens is 186 g/mol. The molecule has 10 heavy (non-hydrogen) atoms. The highest BCUT2D eigenvalue weighted by atomic mass is 32.2. The molecule has 0 saturated heterocycles. The Bertz CT molecular complexity index is 103. The summed E-state index contributed by atoms with van der Waals surface area (Å²) in [4.78, 5) is 0. The van der Waals surface area contributed by atoms with Gasteiger partial charge in [0.1, 0.15) is 0 Å². The lowest BCUT2D eigenvalue weighted by atomic mass is 11.0. The Labute approximate surface area is 75.6 Å². The molecule has 0 rings (SSSR count). The molecule has 0 amide bonds. The van der Waals surface area contributed by atoms with Gasteiger partial charge in [0.15, 0.2) is 0 Å². The van der Waals surface area contributed by atoms with Gasteiger partial charge >= 0.3 is 5.17 Å². The van der Waals surface area contributed by atoms with Gasteiger partial charge in [-0.05, 0) is 36.1 Å². The van der Waals surface area contributed by atoms with Crippen LogP contribution in [0.15, 0.2) is 0 Å². The van der Waals surface area contributed by atoms with E-state index in [9.17, 15) is 5.11 Å². The third-order valence-electron chi connectivity index (χ3n) is 0.642. The predicted octanol–water partition coefficient (Wildman–Crippen LogP) is 2.34. The Balaban J connectivity index is 3.61. The van der Waals surface area contributed by atoms with Crippen molar-refractivity contribution in [3.05, 3.63) is 0 Å². The van der Waals surface area contributed by atoms with Gasteiger partial charge in [-0.15, -0.1) is 0 Å². The fourth-order valence-corrected chi connectivity index (χ4v) is 2.30. The Morgan fingerprint density at radius 1 is 1.40 bits per heavy atom. The van der Waals surface area contributed by atoms with Crippen LogP contribution < -0.4 is 0 Å². The van der Waals surface area contributed by atoms with E-state index in [4.69, 9.17) is 0 Å². The number of nitrogens with zero attached hydrogens (tertiary/aromatic N) is 1. The second-order valence-electron chi connectivity index (χ2n) is 1.36. The second kappa shape index (κ2) is 6.12. The van der Waals surface area contributed by atoms with Gasteiger partial charge in [-0.3, -0.25) is 5.11 Å². The molecule has 59 valence electrons. The minimum Gasteiger partial charge on any atom is -0.254 e. The predicted molar refractivity (Wildman–Crippen MR) is 51.4 cm³/mol. The van der Waals surface area contributed by atoms with Gasteiger partial charge in [-0.2, -0.15) is 0 Å². The minimum absolute atomic E-state index is 0.293. The molecule has 0 unspecified atom stereocenters. The van der Waals surface area contributed by atoms with Gasteiger partial charge in [0.2, 0.25) is 0 Å². The van der Waals surface area contributed by atoms with Gasteiger partial charge < -0.3 is 0 Å². The molecule has 0 aromatic heterocycles. The fraction of sp³-hybridized carbons (Fsp3) is 0.800. The molecule has 0 bridgehead atoms. The molecule has 0 aromatic carbocycles. The van der Waals surface area contributed by atoms with Crippen molar-refractivity contribution in [3.63, 3.8) is 0 Å². The summed E-state index contributed by atoms with van der Waals surface area (Å²) in [6.07, 6.45) is 0. The first-order valence-corrected chi connectivity index (χ1v) is 5.28. The molecule has 0 spiro atoms. The topological polar surface area (TPSA) is 23.1 Å². The zero-order valence-corrected chi connectivity index (χ0v) is 8.44. The summed E-state index contributed by atoms with van der Waals surface area (Å²) in [7, 11) is 0. The third-order valence-corrected chi connectivity index (χ3v) is 3.01.